The van der Waals surface area contributed by atoms with Gasteiger partial charge in [-0.2, -0.15) is 0 Å². The van der Waals surface area contributed by atoms with Crippen molar-refractivity contribution in [1.29, 1.82) is 0 Å². The molecule has 4 atom stereocenters. The van der Waals surface area contributed by atoms with E-state index in [0.29, 0.717) is 23.8 Å². The molecule has 0 radical (unpaired) electrons. The maximum Gasteiger partial charge on any atom is 0.223 e. The monoisotopic (exact) mass is 340 g/mol. The standard InChI is InChI=1S/C19H32N2O.ClH/c1-13(17-3-2-4-20-11-17)5-19(22)21-12-16-7-14-6-15(8-16)10-18(21)9-14;/h13-18,20H,2-12H2,1H3;1H. The highest BCUT2D eigenvalue weighted by Crippen LogP contribution is 2.47. The van der Waals surface area contributed by atoms with E-state index in [1.807, 2.05) is 0 Å². The first-order valence-corrected chi connectivity index (χ1v) is 9.69. The lowest BCUT2D eigenvalue weighted by molar-refractivity contribution is -0.135. The van der Waals surface area contributed by atoms with Crippen LogP contribution in [0.4, 0.5) is 0 Å². The van der Waals surface area contributed by atoms with Gasteiger partial charge in [0, 0.05) is 19.0 Å². The average molecular weight is 341 g/mol. The molecule has 5 rings (SSSR count). The van der Waals surface area contributed by atoms with Crippen LogP contribution < -0.4 is 5.32 Å². The Balaban J connectivity index is 0.00000156. The third-order valence-corrected chi connectivity index (χ3v) is 7.06. The van der Waals surface area contributed by atoms with E-state index in [1.54, 1.807) is 0 Å². The van der Waals surface area contributed by atoms with Crippen molar-refractivity contribution in [2.45, 2.75) is 64.3 Å². The van der Waals surface area contributed by atoms with E-state index in [2.05, 4.69) is 17.1 Å². The van der Waals surface area contributed by atoms with Crippen molar-refractivity contribution >= 4 is 18.3 Å². The van der Waals surface area contributed by atoms with Crippen LogP contribution in [0.3, 0.4) is 0 Å². The quantitative estimate of drug-likeness (QED) is 0.853. The lowest BCUT2D eigenvalue weighted by Gasteiger charge is -2.39. The zero-order valence-corrected chi connectivity index (χ0v) is 15.3. The molecule has 0 aromatic rings. The van der Waals surface area contributed by atoms with Crippen LogP contribution in [0.25, 0.3) is 0 Å². The number of amides is 1. The Bertz CT molecular complexity index is 410. The Kier molecular flexibility index (Phi) is 5.57. The van der Waals surface area contributed by atoms with Crippen molar-refractivity contribution in [3.8, 4) is 0 Å². The van der Waals surface area contributed by atoms with Gasteiger partial charge < -0.3 is 10.2 Å². The van der Waals surface area contributed by atoms with Gasteiger partial charge in [0.15, 0.2) is 0 Å². The number of piperidine rings is 1. The summed E-state index contributed by atoms with van der Waals surface area (Å²) in [6, 6.07) is 0.584. The minimum atomic E-state index is 0. The van der Waals surface area contributed by atoms with Crippen LogP contribution in [0, 0.1) is 29.6 Å². The summed E-state index contributed by atoms with van der Waals surface area (Å²) in [7, 11) is 0. The zero-order chi connectivity index (χ0) is 15.1. The normalized spacial score (nSPS) is 40.4. The highest BCUT2D eigenvalue weighted by atomic mass is 35.5. The smallest absolute Gasteiger partial charge is 0.223 e. The van der Waals surface area contributed by atoms with E-state index in [-0.39, 0.29) is 12.4 Å². The molecule has 3 nitrogen and oxygen atoms in total. The number of hydrogen-bond donors (Lipinski definition) is 1. The largest absolute Gasteiger partial charge is 0.339 e. The number of hydrogen-bond acceptors (Lipinski definition) is 2. The van der Waals surface area contributed by atoms with Crippen LogP contribution >= 0.6 is 12.4 Å². The molecule has 132 valence electrons. The Hall–Kier alpha value is -0.280. The summed E-state index contributed by atoms with van der Waals surface area (Å²) in [6.07, 6.45) is 10.2. The fourth-order valence-corrected chi connectivity index (χ4v) is 6.01. The molecule has 3 saturated heterocycles. The van der Waals surface area contributed by atoms with Crippen LogP contribution in [0.1, 0.15) is 58.3 Å². The Morgan fingerprint density at radius 2 is 1.83 bits per heavy atom. The van der Waals surface area contributed by atoms with Crippen LogP contribution in [-0.2, 0) is 4.79 Å². The maximum atomic E-state index is 13.0. The third kappa shape index (κ3) is 3.71. The summed E-state index contributed by atoms with van der Waals surface area (Å²) in [5.74, 6) is 4.39. The predicted octanol–water partition coefficient (Wildman–Crippen LogP) is 3.47. The Morgan fingerprint density at radius 1 is 1.13 bits per heavy atom. The molecule has 0 spiro atoms. The molecule has 0 aromatic carbocycles. The average Bonchev–Trinajstić information content (AvgIpc) is 2.72. The lowest BCUT2D eigenvalue weighted by atomic mass is 9.68. The highest BCUT2D eigenvalue weighted by molar-refractivity contribution is 5.85. The molecule has 1 amide bonds. The minimum Gasteiger partial charge on any atom is -0.339 e. The van der Waals surface area contributed by atoms with Gasteiger partial charge in [-0.25, -0.2) is 0 Å². The van der Waals surface area contributed by atoms with E-state index < -0.39 is 0 Å². The molecular weight excluding hydrogens is 308 g/mol. The van der Waals surface area contributed by atoms with Gasteiger partial charge in [-0.1, -0.05) is 6.92 Å². The molecular formula is C19H33ClN2O. The fraction of sp³-hybridized carbons (Fsp3) is 0.947. The van der Waals surface area contributed by atoms with Gasteiger partial charge in [0.05, 0.1) is 0 Å². The number of carbonyl (C=O) groups is 1. The van der Waals surface area contributed by atoms with Crippen molar-refractivity contribution in [3.05, 3.63) is 0 Å². The van der Waals surface area contributed by atoms with E-state index >= 15 is 0 Å². The summed E-state index contributed by atoms with van der Waals surface area (Å²) in [6.45, 7) is 5.66. The highest BCUT2D eigenvalue weighted by Gasteiger charge is 2.44. The van der Waals surface area contributed by atoms with Gasteiger partial charge in [0.2, 0.25) is 5.91 Å². The summed E-state index contributed by atoms with van der Waals surface area (Å²) < 4.78 is 0. The van der Waals surface area contributed by atoms with E-state index in [1.165, 1.54) is 44.9 Å². The predicted molar refractivity (Wildman–Crippen MR) is 95.7 cm³/mol. The molecule has 4 bridgehead atoms. The van der Waals surface area contributed by atoms with Crippen molar-refractivity contribution in [1.82, 2.24) is 10.2 Å². The minimum absolute atomic E-state index is 0. The molecule has 4 heteroatoms. The van der Waals surface area contributed by atoms with Gasteiger partial charge in [-0.3, -0.25) is 4.79 Å². The summed E-state index contributed by atoms with van der Waals surface area (Å²) in [4.78, 5) is 15.3. The number of nitrogens with one attached hydrogen (secondary N) is 1. The second-order valence-electron chi connectivity index (χ2n) is 8.76. The number of fused-ring (bicyclic) bond motifs is 1. The first kappa shape index (κ1) is 17.5. The molecule has 0 aromatic heterocycles. The van der Waals surface area contributed by atoms with Crippen LogP contribution in [-0.4, -0.2) is 36.5 Å². The molecule has 3 heterocycles. The zero-order valence-electron chi connectivity index (χ0n) is 14.5. The van der Waals surface area contributed by atoms with Crippen molar-refractivity contribution in [2.24, 2.45) is 29.6 Å². The Morgan fingerprint density at radius 3 is 2.48 bits per heavy atom. The molecule has 1 N–H and O–H groups in total. The number of halogens is 1. The second kappa shape index (κ2) is 7.31. The third-order valence-electron chi connectivity index (χ3n) is 7.06. The van der Waals surface area contributed by atoms with Gasteiger partial charge >= 0.3 is 0 Å². The van der Waals surface area contributed by atoms with Crippen molar-refractivity contribution < 1.29 is 4.79 Å². The molecule has 2 saturated carbocycles. The molecule has 2 aliphatic carbocycles. The van der Waals surface area contributed by atoms with Crippen molar-refractivity contribution in [2.75, 3.05) is 19.6 Å². The first-order chi connectivity index (χ1) is 10.7. The topological polar surface area (TPSA) is 32.3 Å². The van der Waals surface area contributed by atoms with E-state index in [4.69, 9.17) is 0 Å². The number of carbonyl (C=O) groups excluding carboxylic acids is 1. The van der Waals surface area contributed by atoms with Gasteiger partial charge in [-0.15, -0.1) is 12.4 Å². The number of nitrogens with zero attached hydrogens (tertiary/aromatic N) is 1. The van der Waals surface area contributed by atoms with Crippen molar-refractivity contribution in [3.63, 3.8) is 0 Å². The molecule has 23 heavy (non-hydrogen) atoms. The Labute approximate surface area is 147 Å². The maximum absolute atomic E-state index is 13.0. The molecule has 4 unspecified atom stereocenters. The van der Waals surface area contributed by atoms with Crippen LogP contribution in [0.2, 0.25) is 0 Å². The van der Waals surface area contributed by atoms with Crippen LogP contribution in [0.15, 0.2) is 0 Å². The molecule has 5 fully saturated rings. The SMILES string of the molecule is CC(CC(=O)N1CC2CC3CC(C2)CC1C3)C1CCCNC1.Cl. The van der Waals surface area contributed by atoms with Gasteiger partial charge in [-0.05, 0) is 87.6 Å². The molecule has 3 aliphatic heterocycles. The van der Waals surface area contributed by atoms with E-state index in [0.717, 1.165) is 43.8 Å². The van der Waals surface area contributed by atoms with Gasteiger partial charge in [0.1, 0.15) is 0 Å². The first-order valence-electron chi connectivity index (χ1n) is 9.69. The number of rotatable bonds is 3. The van der Waals surface area contributed by atoms with Gasteiger partial charge in [0.25, 0.3) is 0 Å². The second-order valence-corrected chi connectivity index (χ2v) is 8.76. The van der Waals surface area contributed by atoms with Crippen LogP contribution in [0.5, 0.6) is 0 Å². The lowest BCUT2D eigenvalue weighted by Crippen LogP contribution is -2.43. The molecule has 5 aliphatic rings. The summed E-state index contributed by atoms with van der Waals surface area (Å²) >= 11 is 0. The van der Waals surface area contributed by atoms with E-state index in [9.17, 15) is 4.79 Å². The fourth-order valence-electron chi connectivity index (χ4n) is 6.01. The summed E-state index contributed by atoms with van der Waals surface area (Å²) in [5, 5.41) is 3.50. The summed E-state index contributed by atoms with van der Waals surface area (Å²) in [5.41, 5.74) is 0.